The maximum Gasteiger partial charge on any atom is 0.573 e. The summed E-state index contributed by atoms with van der Waals surface area (Å²) in [7, 11) is 0. The van der Waals surface area contributed by atoms with E-state index in [1.807, 2.05) is 13.8 Å². The van der Waals surface area contributed by atoms with Crippen molar-refractivity contribution < 1.29 is 17.9 Å². The Morgan fingerprint density at radius 3 is 2.37 bits per heavy atom. The summed E-state index contributed by atoms with van der Waals surface area (Å²) in [6.45, 7) is 3.94. The first kappa shape index (κ1) is 18.5. The second kappa shape index (κ2) is 7.36. The molecule has 0 heterocycles. The molecular weight excluding hydrogens is 346 g/mol. The van der Waals surface area contributed by atoms with Crippen LogP contribution >= 0.6 is 28.3 Å². The van der Waals surface area contributed by atoms with E-state index < -0.39 is 6.36 Å². The molecule has 2 atom stereocenters. The van der Waals surface area contributed by atoms with E-state index in [1.54, 1.807) is 6.07 Å². The normalized spacial score (nSPS) is 14.5. The number of hydrogen-bond donors (Lipinski definition) is 1. The molecule has 1 rings (SSSR count). The fourth-order valence-electron chi connectivity index (χ4n) is 1.55. The monoisotopic (exact) mass is 361 g/mol. The average molecular weight is 363 g/mol. The lowest BCUT2D eigenvalue weighted by Crippen LogP contribution is -2.20. The predicted octanol–water partition coefficient (Wildman–Crippen LogP) is 4.82. The van der Waals surface area contributed by atoms with Crippen molar-refractivity contribution >= 4 is 28.3 Å². The summed E-state index contributed by atoms with van der Waals surface area (Å²) in [5, 5.41) is 0. The van der Waals surface area contributed by atoms with Crippen molar-refractivity contribution in [2.75, 3.05) is 0 Å². The number of ether oxygens (including phenoxy) is 1. The molecule has 0 saturated heterocycles. The zero-order valence-electron chi connectivity index (χ0n) is 10.5. The summed E-state index contributed by atoms with van der Waals surface area (Å²) in [5.41, 5.74) is 6.62. The van der Waals surface area contributed by atoms with Crippen LogP contribution < -0.4 is 10.5 Å². The van der Waals surface area contributed by atoms with Gasteiger partial charge in [0.2, 0.25) is 0 Å². The summed E-state index contributed by atoms with van der Waals surface area (Å²) < 4.78 is 40.9. The quantitative estimate of drug-likeness (QED) is 0.834. The van der Waals surface area contributed by atoms with Crippen LogP contribution in [-0.4, -0.2) is 6.36 Å². The third kappa shape index (κ3) is 6.01. The van der Waals surface area contributed by atoms with Crippen LogP contribution in [0.15, 0.2) is 22.7 Å². The van der Waals surface area contributed by atoms with E-state index in [1.165, 1.54) is 12.1 Å². The van der Waals surface area contributed by atoms with Crippen LogP contribution in [0.25, 0.3) is 0 Å². The highest BCUT2D eigenvalue weighted by atomic mass is 79.9. The van der Waals surface area contributed by atoms with Gasteiger partial charge in [-0.1, -0.05) is 36.2 Å². The molecule has 1 aromatic carbocycles. The molecule has 0 radical (unpaired) electrons. The van der Waals surface area contributed by atoms with E-state index >= 15 is 0 Å². The van der Waals surface area contributed by atoms with Crippen LogP contribution in [0, 0.1) is 5.92 Å². The van der Waals surface area contributed by atoms with Gasteiger partial charge in [-0.15, -0.1) is 25.6 Å². The summed E-state index contributed by atoms with van der Waals surface area (Å²) in [5.74, 6) is -0.0799. The van der Waals surface area contributed by atoms with Crippen LogP contribution in [0.2, 0.25) is 0 Å². The molecular formula is C12H16BrClF3NO. The van der Waals surface area contributed by atoms with E-state index in [9.17, 15) is 13.2 Å². The predicted molar refractivity (Wildman–Crippen MR) is 74.5 cm³/mol. The Kier molecular flexibility index (Phi) is 7.18. The van der Waals surface area contributed by atoms with Gasteiger partial charge >= 0.3 is 6.36 Å². The van der Waals surface area contributed by atoms with Gasteiger partial charge in [-0.25, -0.2) is 0 Å². The first-order chi connectivity index (χ1) is 8.23. The first-order valence-electron chi connectivity index (χ1n) is 5.54. The van der Waals surface area contributed by atoms with Crippen molar-refractivity contribution in [2.45, 2.75) is 32.7 Å². The number of halogens is 5. The molecule has 0 saturated carbocycles. The SMILES string of the molecule is CCC(C)[C@H](N)c1cc(Br)cc(OC(F)(F)F)c1.Cl. The Balaban J connectivity index is 0.00000324. The van der Waals surface area contributed by atoms with Crippen LogP contribution in [-0.2, 0) is 0 Å². The number of benzene rings is 1. The smallest absolute Gasteiger partial charge is 0.406 e. The molecule has 19 heavy (non-hydrogen) atoms. The minimum atomic E-state index is -4.70. The topological polar surface area (TPSA) is 35.2 Å². The average Bonchev–Trinajstić information content (AvgIpc) is 2.23. The summed E-state index contributed by atoms with van der Waals surface area (Å²) in [6, 6.07) is 3.98. The Morgan fingerprint density at radius 2 is 1.89 bits per heavy atom. The second-order valence-electron chi connectivity index (χ2n) is 4.18. The van der Waals surface area contributed by atoms with Gasteiger partial charge in [-0.05, 0) is 29.7 Å². The van der Waals surface area contributed by atoms with E-state index in [-0.39, 0.29) is 30.1 Å². The van der Waals surface area contributed by atoms with Gasteiger partial charge in [-0.3, -0.25) is 0 Å². The van der Waals surface area contributed by atoms with Crippen LogP contribution in [0.3, 0.4) is 0 Å². The van der Waals surface area contributed by atoms with Gasteiger partial charge in [0, 0.05) is 10.5 Å². The Hall–Kier alpha value is -0.460. The third-order valence-electron chi connectivity index (χ3n) is 2.77. The summed E-state index contributed by atoms with van der Waals surface area (Å²) in [4.78, 5) is 0. The minimum Gasteiger partial charge on any atom is -0.406 e. The molecule has 7 heteroatoms. The first-order valence-corrected chi connectivity index (χ1v) is 6.34. The maximum atomic E-state index is 12.2. The number of rotatable bonds is 4. The van der Waals surface area contributed by atoms with Gasteiger partial charge in [0.25, 0.3) is 0 Å². The zero-order chi connectivity index (χ0) is 13.9. The lowest BCUT2D eigenvalue weighted by molar-refractivity contribution is -0.274. The maximum absolute atomic E-state index is 12.2. The van der Waals surface area contributed by atoms with E-state index in [2.05, 4.69) is 20.7 Å². The lowest BCUT2D eigenvalue weighted by atomic mass is 9.93. The van der Waals surface area contributed by atoms with Crippen molar-refractivity contribution in [1.82, 2.24) is 0 Å². The number of alkyl halides is 3. The van der Waals surface area contributed by atoms with Gasteiger partial charge in [0.05, 0.1) is 0 Å². The van der Waals surface area contributed by atoms with Crippen molar-refractivity contribution in [2.24, 2.45) is 11.7 Å². The Morgan fingerprint density at radius 1 is 1.32 bits per heavy atom. The highest BCUT2D eigenvalue weighted by Gasteiger charge is 2.31. The fraction of sp³-hybridized carbons (Fsp3) is 0.500. The van der Waals surface area contributed by atoms with Gasteiger partial charge in [0.1, 0.15) is 5.75 Å². The van der Waals surface area contributed by atoms with Gasteiger partial charge in [-0.2, -0.15) is 0 Å². The highest BCUT2D eigenvalue weighted by molar-refractivity contribution is 9.10. The van der Waals surface area contributed by atoms with Crippen LogP contribution in [0.4, 0.5) is 13.2 Å². The molecule has 110 valence electrons. The van der Waals surface area contributed by atoms with Crippen LogP contribution in [0.1, 0.15) is 31.9 Å². The Bertz CT molecular complexity index is 414. The fourth-order valence-corrected chi connectivity index (χ4v) is 2.04. The molecule has 2 nitrogen and oxygen atoms in total. The van der Waals surface area contributed by atoms with E-state index in [0.29, 0.717) is 10.0 Å². The molecule has 0 spiro atoms. The molecule has 0 aliphatic carbocycles. The number of hydrogen-bond acceptors (Lipinski definition) is 2. The Labute approximate surface area is 125 Å². The molecule has 0 aliphatic rings. The minimum absolute atomic E-state index is 0. The molecule has 1 aromatic rings. The summed E-state index contributed by atoms with van der Waals surface area (Å²) >= 11 is 3.16. The standard InChI is InChI=1S/C12H15BrF3NO.ClH/c1-3-7(2)11(17)8-4-9(13)6-10(5-8)18-12(14,15)16;/h4-7,11H,3,17H2,1-2H3;1H/t7?,11-;/m0./s1. The van der Waals surface area contributed by atoms with Crippen molar-refractivity contribution in [3.63, 3.8) is 0 Å². The lowest BCUT2D eigenvalue weighted by Gasteiger charge is -2.20. The summed E-state index contributed by atoms with van der Waals surface area (Å²) in [6.07, 6.45) is -3.85. The molecule has 0 amide bonds. The highest BCUT2D eigenvalue weighted by Crippen LogP contribution is 2.31. The molecule has 2 N–H and O–H groups in total. The molecule has 0 bridgehead atoms. The van der Waals surface area contributed by atoms with Gasteiger partial charge < -0.3 is 10.5 Å². The third-order valence-corrected chi connectivity index (χ3v) is 3.23. The zero-order valence-corrected chi connectivity index (χ0v) is 12.9. The van der Waals surface area contributed by atoms with Crippen LogP contribution in [0.5, 0.6) is 5.75 Å². The van der Waals surface area contributed by atoms with E-state index in [0.717, 1.165) is 6.42 Å². The second-order valence-corrected chi connectivity index (χ2v) is 5.10. The molecule has 0 aromatic heterocycles. The number of nitrogens with two attached hydrogens (primary N) is 1. The molecule has 0 fully saturated rings. The van der Waals surface area contributed by atoms with Crippen molar-refractivity contribution in [3.05, 3.63) is 28.2 Å². The van der Waals surface area contributed by atoms with Crippen molar-refractivity contribution in [3.8, 4) is 5.75 Å². The van der Waals surface area contributed by atoms with Crippen molar-refractivity contribution in [1.29, 1.82) is 0 Å². The van der Waals surface area contributed by atoms with E-state index in [4.69, 9.17) is 5.73 Å². The largest absolute Gasteiger partial charge is 0.573 e. The molecule has 1 unspecified atom stereocenters. The van der Waals surface area contributed by atoms with Gasteiger partial charge in [0.15, 0.2) is 0 Å². The molecule has 0 aliphatic heterocycles.